The average Bonchev–Trinajstić information content (AvgIpc) is 2.72. The summed E-state index contributed by atoms with van der Waals surface area (Å²) < 4.78 is 11.4. The molecular weight excluding hydrogens is 252 g/mol. The molecule has 4 heteroatoms. The van der Waals surface area contributed by atoms with Crippen molar-refractivity contribution in [1.29, 1.82) is 0 Å². The van der Waals surface area contributed by atoms with E-state index in [2.05, 4.69) is 24.8 Å². The van der Waals surface area contributed by atoms with E-state index in [9.17, 15) is 0 Å². The van der Waals surface area contributed by atoms with Crippen molar-refractivity contribution in [2.75, 3.05) is 32.8 Å². The maximum Gasteiger partial charge on any atom is 0.161 e. The summed E-state index contributed by atoms with van der Waals surface area (Å²) in [6, 6.07) is 6.12. The Hall–Kier alpha value is -1.26. The van der Waals surface area contributed by atoms with E-state index in [0.29, 0.717) is 6.61 Å². The minimum atomic E-state index is 0.0488. The zero-order valence-corrected chi connectivity index (χ0v) is 12.6. The monoisotopic (exact) mass is 278 g/mol. The zero-order valence-electron chi connectivity index (χ0n) is 12.6. The van der Waals surface area contributed by atoms with Crippen LogP contribution in [0, 0.1) is 0 Å². The van der Waals surface area contributed by atoms with Gasteiger partial charge in [0.1, 0.15) is 0 Å². The van der Waals surface area contributed by atoms with Gasteiger partial charge in [0, 0.05) is 12.5 Å². The van der Waals surface area contributed by atoms with Crippen molar-refractivity contribution in [3.63, 3.8) is 0 Å². The van der Waals surface area contributed by atoms with E-state index in [1.165, 1.54) is 0 Å². The Kier molecular flexibility index (Phi) is 5.68. The predicted molar refractivity (Wildman–Crippen MR) is 81.4 cm³/mol. The molecule has 112 valence electrons. The second-order valence-corrected chi connectivity index (χ2v) is 5.18. The van der Waals surface area contributed by atoms with Crippen molar-refractivity contribution in [1.82, 2.24) is 4.90 Å². The highest BCUT2D eigenvalue weighted by Crippen LogP contribution is 2.32. The van der Waals surface area contributed by atoms with Crippen LogP contribution in [0.2, 0.25) is 0 Å². The third-order valence-corrected chi connectivity index (χ3v) is 3.85. The predicted octanol–water partition coefficient (Wildman–Crippen LogP) is 2.58. The number of fused-ring (bicyclic) bond motifs is 1. The minimum absolute atomic E-state index is 0.0488. The molecule has 2 rings (SSSR count). The molecular formula is C16H26N2O2. The number of ether oxygens (including phenoxy) is 2. The van der Waals surface area contributed by atoms with Gasteiger partial charge in [-0.3, -0.25) is 0 Å². The van der Waals surface area contributed by atoms with E-state index in [1.54, 1.807) is 0 Å². The van der Waals surface area contributed by atoms with Crippen LogP contribution in [-0.4, -0.2) is 37.7 Å². The standard InChI is InChI=1S/C16H26N2O2/c1-3-18(4-2)9-8-14(17)13-6-7-15-16(12-13)20-11-5-10-19-15/h6-7,12,14H,3-5,8-11,17H2,1-2H3. The van der Waals surface area contributed by atoms with Crippen molar-refractivity contribution in [2.24, 2.45) is 5.73 Å². The molecule has 0 amide bonds. The number of rotatable bonds is 6. The Bertz CT molecular complexity index is 419. The SMILES string of the molecule is CCN(CC)CCC(N)c1ccc2c(c1)OCCCO2. The maximum absolute atomic E-state index is 6.30. The van der Waals surface area contributed by atoms with Crippen LogP contribution in [0.25, 0.3) is 0 Å². The van der Waals surface area contributed by atoms with E-state index >= 15 is 0 Å². The summed E-state index contributed by atoms with van der Waals surface area (Å²) in [4.78, 5) is 2.39. The Balaban J connectivity index is 1.99. The quantitative estimate of drug-likeness (QED) is 0.869. The first-order valence-corrected chi connectivity index (χ1v) is 7.62. The summed E-state index contributed by atoms with van der Waals surface area (Å²) in [5.74, 6) is 1.67. The summed E-state index contributed by atoms with van der Waals surface area (Å²) in [6.07, 6.45) is 1.89. The van der Waals surface area contributed by atoms with E-state index in [1.807, 2.05) is 12.1 Å². The molecule has 0 saturated carbocycles. The van der Waals surface area contributed by atoms with Gasteiger partial charge >= 0.3 is 0 Å². The molecule has 20 heavy (non-hydrogen) atoms. The molecule has 0 bridgehead atoms. The number of nitrogens with two attached hydrogens (primary N) is 1. The van der Waals surface area contributed by atoms with Gasteiger partial charge in [0.2, 0.25) is 0 Å². The van der Waals surface area contributed by atoms with Crippen LogP contribution >= 0.6 is 0 Å². The van der Waals surface area contributed by atoms with Gasteiger partial charge in [0.25, 0.3) is 0 Å². The lowest BCUT2D eigenvalue weighted by molar-refractivity contribution is 0.290. The van der Waals surface area contributed by atoms with Crippen LogP contribution < -0.4 is 15.2 Å². The molecule has 0 aromatic heterocycles. The molecule has 0 fully saturated rings. The number of hydrogen-bond acceptors (Lipinski definition) is 4. The lowest BCUT2D eigenvalue weighted by atomic mass is 10.0. The van der Waals surface area contributed by atoms with Gasteiger partial charge in [-0.25, -0.2) is 0 Å². The van der Waals surface area contributed by atoms with Crippen LogP contribution in [0.1, 0.15) is 38.3 Å². The lowest BCUT2D eigenvalue weighted by Gasteiger charge is -2.21. The topological polar surface area (TPSA) is 47.7 Å². The van der Waals surface area contributed by atoms with Crippen LogP contribution in [-0.2, 0) is 0 Å². The van der Waals surface area contributed by atoms with Crippen molar-refractivity contribution in [3.05, 3.63) is 23.8 Å². The number of hydrogen-bond donors (Lipinski definition) is 1. The second-order valence-electron chi connectivity index (χ2n) is 5.18. The first-order chi connectivity index (χ1) is 9.74. The molecule has 1 aliphatic rings. The van der Waals surface area contributed by atoms with Gasteiger partial charge in [-0.05, 0) is 43.8 Å². The highest BCUT2D eigenvalue weighted by Gasteiger charge is 2.14. The zero-order chi connectivity index (χ0) is 14.4. The Morgan fingerprint density at radius 1 is 1.15 bits per heavy atom. The minimum Gasteiger partial charge on any atom is -0.490 e. The van der Waals surface area contributed by atoms with Crippen molar-refractivity contribution in [3.8, 4) is 11.5 Å². The fourth-order valence-corrected chi connectivity index (χ4v) is 2.44. The second kappa shape index (κ2) is 7.50. The fraction of sp³-hybridized carbons (Fsp3) is 0.625. The molecule has 1 aromatic rings. The average molecular weight is 278 g/mol. The van der Waals surface area contributed by atoms with E-state index < -0.39 is 0 Å². The maximum atomic E-state index is 6.30. The van der Waals surface area contributed by atoms with Gasteiger partial charge in [0.15, 0.2) is 11.5 Å². The lowest BCUT2D eigenvalue weighted by Crippen LogP contribution is -2.27. The largest absolute Gasteiger partial charge is 0.490 e. The highest BCUT2D eigenvalue weighted by molar-refractivity contribution is 5.44. The number of nitrogens with zero attached hydrogens (tertiary/aromatic N) is 1. The summed E-state index contributed by atoms with van der Waals surface area (Å²) in [7, 11) is 0. The first-order valence-electron chi connectivity index (χ1n) is 7.62. The van der Waals surface area contributed by atoms with Gasteiger partial charge in [-0.1, -0.05) is 19.9 Å². The molecule has 0 spiro atoms. The molecule has 4 nitrogen and oxygen atoms in total. The molecule has 0 aliphatic carbocycles. The molecule has 1 unspecified atom stereocenters. The van der Waals surface area contributed by atoms with Gasteiger partial charge < -0.3 is 20.1 Å². The van der Waals surface area contributed by atoms with Gasteiger partial charge in [-0.2, -0.15) is 0 Å². The van der Waals surface area contributed by atoms with Gasteiger partial charge in [0.05, 0.1) is 13.2 Å². The highest BCUT2D eigenvalue weighted by atomic mass is 16.5. The smallest absolute Gasteiger partial charge is 0.161 e. The fourth-order valence-electron chi connectivity index (χ4n) is 2.44. The molecule has 0 saturated heterocycles. The van der Waals surface area contributed by atoms with Gasteiger partial charge in [-0.15, -0.1) is 0 Å². The van der Waals surface area contributed by atoms with Crippen LogP contribution in [0.4, 0.5) is 0 Å². The molecule has 1 atom stereocenters. The normalized spacial score (nSPS) is 16.0. The molecule has 0 radical (unpaired) electrons. The van der Waals surface area contributed by atoms with Crippen molar-refractivity contribution in [2.45, 2.75) is 32.7 Å². The molecule has 2 N–H and O–H groups in total. The molecule has 1 aromatic carbocycles. The summed E-state index contributed by atoms with van der Waals surface area (Å²) >= 11 is 0. The van der Waals surface area contributed by atoms with Crippen LogP contribution in [0.15, 0.2) is 18.2 Å². The van der Waals surface area contributed by atoms with E-state index in [0.717, 1.165) is 56.1 Å². The molecule has 1 aliphatic heterocycles. The number of benzene rings is 1. The van der Waals surface area contributed by atoms with Crippen molar-refractivity contribution < 1.29 is 9.47 Å². The first kappa shape index (κ1) is 15.1. The molecule has 1 heterocycles. The van der Waals surface area contributed by atoms with Crippen LogP contribution in [0.5, 0.6) is 11.5 Å². The Morgan fingerprint density at radius 2 is 1.85 bits per heavy atom. The summed E-state index contributed by atoms with van der Waals surface area (Å²) in [5, 5.41) is 0. The van der Waals surface area contributed by atoms with E-state index in [4.69, 9.17) is 15.2 Å². The third-order valence-electron chi connectivity index (χ3n) is 3.85. The summed E-state index contributed by atoms with van der Waals surface area (Å²) in [5.41, 5.74) is 7.43. The third kappa shape index (κ3) is 3.87. The van der Waals surface area contributed by atoms with Crippen LogP contribution in [0.3, 0.4) is 0 Å². The van der Waals surface area contributed by atoms with Crippen molar-refractivity contribution >= 4 is 0 Å². The Labute approximate surface area is 121 Å². The Morgan fingerprint density at radius 3 is 2.55 bits per heavy atom. The summed E-state index contributed by atoms with van der Waals surface area (Å²) in [6.45, 7) is 8.98. The van der Waals surface area contributed by atoms with E-state index in [-0.39, 0.29) is 6.04 Å².